The first-order valence-electron chi connectivity index (χ1n) is 5.48. The summed E-state index contributed by atoms with van der Waals surface area (Å²) >= 11 is 0. The number of aromatic nitrogens is 2. The zero-order chi connectivity index (χ0) is 12.6. The molecule has 0 aliphatic rings. The molecule has 0 bridgehead atoms. The van der Waals surface area contributed by atoms with Crippen LogP contribution in [0.25, 0.3) is 10.9 Å². The topological polar surface area (TPSA) is 80.9 Å². The van der Waals surface area contributed by atoms with Crippen LogP contribution in [-0.4, -0.2) is 15.6 Å². The molecule has 17 heavy (non-hydrogen) atoms. The molecule has 1 aromatic carbocycles. The smallest absolute Gasteiger partial charge is 0.326 e. The van der Waals surface area contributed by atoms with Gasteiger partial charge in [0.1, 0.15) is 0 Å². The minimum Gasteiger partial charge on any atom is -0.326 e. The number of aryl methyl sites for hydroxylation is 1. The van der Waals surface area contributed by atoms with E-state index >= 15 is 0 Å². The van der Waals surface area contributed by atoms with Gasteiger partial charge in [0, 0.05) is 12.6 Å². The van der Waals surface area contributed by atoms with Crippen molar-refractivity contribution in [1.29, 1.82) is 0 Å². The molecule has 2 rings (SSSR count). The molecule has 1 aromatic heterocycles. The average molecular weight is 233 g/mol. The largest absolute Gasteiger partial charge is 0.328 e. The first-order valence-corrected chi connectivity index (χ1v) is 5.48. The quantitative estimate of drug-likeness (QED) is 0.785. The Hall–Kier alpha value is -1.88. The van der Waals surface area contributed by atoms with Gasteiger partial charge in [-0.15, -0.1) is 0 Å². The normalized spacial score (nSPS) is 12.9. The van der Waals surface area contributed by atoms with Crippen LogP contribution in [0.15, 0.2) is 27.8 Å². The monoisotopic (exact) mass is 233 g/mol. The van der Waals surface area contributed by atoms with Gasteiger partial charge in [0.05, 0.1) is 10.9 Å². The maximum absolute atomic E-state index is 12.1. The zero-order valence-electron chi connectivity index (χ0n) is 9.86. The Morgan fingerprint density at radius 2 is 2.12 bits per heavy atom. The third-order valence-electron chi connectivity index (χ3n) is 2.70. The molecule has 5 heteroatoms. The summed E-state index contributed by atoms with van der Waals surface area (Å²) in [5, 5.41) is 0.519. The average Bonchev–Trinajstić information content (AvgIpc) is 2.26. The molecule has 1 unspecified atom stereocenters. The van der Waals surface area contributed by atoms with Crippen molar-refractivity contribution in [2.24, 2.45) is 5.73 Å². The van der Waals surface area contributed by atoms with Crippen LogP contribution in [0.1, 0.15) is 12.5 Å². The molecule has 1 atom stereocenters. The molecule has 0 radical (unpaired) electrons. The first-order chi connectivity index (χ1) is 8.00. The lowest BCUT2D eigenvalue weighted by molar-refractivity contribution is 0.554. The predicted molar refractivity (Wildman–Crippen MR) is 67.2 cm³/mol. The number of aromatic amines is 1. The van der Waals surface area contributed by atoms with E-state index in [1.807, 2.05) is 13.0 Å². The Labute approximate surface area is 97.9 Å². The van der Waals surface area contributed by atoms with Gasteiger partial charge in [0.15, 0.2) is 0 Å². The molecular formula is C12H15N3O2. The highest BCUT2D eigenvalue weighted by molar-refractivity contribution is 5.80. The molecule has 0 spiro atoms. The van der Waals surface area contributed by atoms with Gasteiger partial charge in [0.25, 0.3) is 5.56 Å². The Bertz CT molecular complexity index is 667. The fourth-order valence-electron chi connectivity index (χ4n) is 1.88. The zero-order valence-corrected chi connectivity index (χ0v) is 9.86. The second-order valence-corrected chi connectivity index (χ2v) is 4.32. The van der Waals surface area contributed by atoms with E-state index in [1.54, 1.807) is 19.1 Å². The Morgan fingerprint density at radius 1 is 1.41 bits per heavy atom. The summed E-state index contributed by atoms with van der Waals surface area (Å²) in [7, 11) is 0. The summed E-state index contributed by atoms with van der Waals surface area (Å²) in [6.07, 6.45) is 0. The van der Waals surface area contributed by atoms with Gasteiger partial charge in [-0.2, -0.15) is 0 Å². The van der Waals surface area contributed by atoms with Gasteiger partial charge < -0.3 is 10.7 Å². The molecule has 0 aliphatic carbocycles. The van der Waals surface area contributed by atoms with Crippen molar-refractivity contribution in [3.8, 4) is 0 Å². The van der Waals surface area contributed by atoms with Gasteiger partial charge in [-0.25, -0.2) is 4.79 Å². The van der Waals surface area contributed by atoms with Crippen molar-refractivity contribution >= 4 is 10.9 Å². The van der Waals surface area contributed by atoms with Crippen molar-refractivity contribution in [1.82, 2.24) is 9.55 Å². The number of nitrogens with one attached hydrogen (secondary N) is 1. The van der Waals surface area contributed by atoms with E-state index in [1.165, 1.54) is 0 Å². The van der Waals surface area contributed by atoms with Crippen LogP contribution < -0.4 is 17.0 Å². The van der Waals surface area contributed by atoms with Gasteiger partial charge in [0.2, 0.25) is 0 Å². The van der Waals surface area contributed by atoms with Crippen LogP contribution in [-0.2, 0) is 6.54 Å². The van der Waals surface area contributed by atoms with Crippen LogP contribution in [0.2, 0.25) is 0 Å². The Kier molecular flexibility index (Phi) is 2.85. The first kappa shape index (κ1) is 11.6. The number of H-pyrrole nitrogens is 1. The standard InChI is InChI=1S/C12H15N3O2/c1-7-4-3-5-9-10(7)14-12(17)15(11(9)16)6-8(2)13/h3-5,8H,6,13H2,1-2H3,(H,14,17). The number of rotatable bonds is 2. The van der Waals surface area contributed by atoms with Crippen LogP contribution in [0.4, 0.5) is 0 Å². The highest BCUT2D eigenvalue weighted by Crippen LogP contribution is 2.09. The fraction of sp³-hybridized carbons (Fsp3) is 0.333. The van der Waals surface area contributed by atoms with Gasteiger partial charge in [-0.3, -0.25) is 9.36 Å². The number of fused-ring (bicyclic) bond motifs is 1. The number of nitrogens with two attached hydrogens (primary N) is 1. The van der Waals surface area contributed by atoms with Crippen molar-refractivity contribution in [2.45, 2.75) is 26.4 Å². The summed E-state index contributed by atoms with van der Waals surface area (Å²) in [5.74, 6) is 0. The second kappa shape index (κ2) is 4.18. The van der Waals surface area contributed by atoms with Crippen molar-refractivity contribution in [3.63, 3.8) is 0 Å². The lowest BCUT2D eigenvalue weighted by Gasteiger charge is -2.09. The second-order valence-electron chi connectivity index (χ2n) is 4.32. The summed E-state index contributed by atoms with van der Waals surface area (Å²) in [4.78, 5) is 26.6. The molecule has 0 saturated heterocycles. The molecule has 5 nitrogen and oxygen atoms in total. The molecule has 0 saturated carbocycles. The highest BCUT2D eigenvalue weighted by Gasteiger charge is 2.09. The summed E-state index contributed by atoms with van der Waals surface area (Å²) < 4.78 is 1.15. The molecule has 90 valence electrons. The molecule has 3 N–H and O–H groups in total. The van der Waals surface area contributed by atoms with Crippen LogP contribution in [0.3, 0.4) is 0 Å². The predicted octanol–water partition coefficient (Wildman–Crippen LogP) is 0.345. The van der Waals surface area contributed by atoms with E-state index in [0.29, 0.717) is 10.9 Å². The number of hydrogen-bond donors (Lipinski definition) is 2. The molecule has 0 fully saturated rings. The van der Waals surface area contributed by atoms with Gasteiger partial charge in [-0.1, -0.05) is 12.1 Å². The SMILES string of the molecule is Cc1cccc2c(=O)n(CC(C)N)c(=O)[nH]c12. The van der Waals surface area contributed by atoms with Crippen LogP contribution in [0, 0.1) is 6.92 Å². The third-order valence-corrected chi connectivity index (χ3v) is 2.70. The van der Waals surface area contributed by atoms with Crippen LogP contribution in [0.5, 0.6) is 0 Å². The summed E-state index contributed by atoms with van der Waals surface area (Å²) in [6.45, 7) is 3.83. The molecule has 0 amide bonds. The number of para-hydroxylation sites is 1. The van der Waals surface area contributed by atoms with E-state index in [2.05, 4.69) is 4.98 Å². The number of nitrogens with zero attached hydrogens (tertiary/aromatic N) is 1. The minimum absolute atomic E-state index is 0.220. The van der Waals surface area contributed by atoms with E-state index < -0.39 is 5.69 Å². The van der Waals surface area contributed by atoms with E-state index in [4.69, 9.17) is 5.73 Å². The number of benzene rings is 1. The molecule has 1 heterocycles. The Morgan fingerprint density at radius 3 is 2.76 bits per heavy atom. The van der Waals surface area contributed by atoms with Gasteiger partial charge in [-0.05, 0) is 25.5 Å². The summed E-state index contributed by atoms with van der Waals surface area (Å²) in [5.41, 5.74) is 6.41. The maximum atomic E-state index is 12.1. The van der Waals surface area contributed by atoms with Crippen molar-refractivity contribution in [2.75, 3.05) is 0 Å². The summed E-state index contributed by atoms with van der Waals surface area (Å²) in [6, 6.07) is 5.12. The molecule has 2 aromatic rings. The lowest BCUT2D eigenvalue weighted by atomic mass is 10.1. The van der Waals surface area contributed by atoms with E-state index in [9.17, 15) is 9.59 Å². The maximum Gasteiger partial charge on any atom is 0.328 e. The Balaban J connectivity index is 2.82. The van der Waals surface area contributed by atoms with Crippen LogP contribution >= 0.6 is 0 Å². The van der Waals surface area contributed by atoms with E-state index in [0.717, 1.165) is 10.1 Å². The number of hydrogen-bond acceptors (Lipinski definition) is 3. The highest BCUT2D eigenvalue weighted by atomic mass is 16.2. The third kappa shape index (κ3) is 2.01. The lowest BCUT2D eigenvalue weighted by Crippen LogP contribution is -2.40. The minimum atomic E-state index is -0.408. The van der Waals surface area contributed by atoms with Gasteiger partial charge >= 0.3 is 5.69 Å². The van der Waals surface area contributed by atoms with Crippen molar-refractivity contribution < 1.29 is 0 Å². The molecular weight excluding hydrogens is 218 g/mol. The van der Waals surface area contributed by atoms with Crippen molar-refractivity contribution in [3.05, 3.63) is 44.6 Å². The molecule has 0 aliphatic heterocycles. The fourth-order valence-corrected chi connectivity index (χ4v) is 1.88. The van der Waals surface area contributed by atoms with E-state index in [-0.39, 0.29) is 18.1 Å².